The molecule has 2 heterocycles. The van der Waals surface area contributed by atoms with Gasteiger partial charge in [-0.1, -0.05) is 30.3 Å². The van der Waals surface area contributed by atoms with Gasteiger partial charge in [-0.25, -0.2) is 0 Å². The first-order chi connectivity index (χ1) is 14.5. The number of hydrogen-bond donors (Lipinski definition) is 3. The van der Waals surface area contributed by atoms with Crippen LogP contribution in [0, 0.1) is 5.92 Å². The van der Waals surface area contributed by atoms with Gasteiger partial charge >= 0.3 is 0 Å². The molecule has 1 aromatic heterocycles. The zero-order valence-corrected chi connectivity index (χ0v) is 17.4. The van der Waals surface area contributed by atoms with Gasteiger partial charge in [-0.3, -0.25) is 14.4 Å². The van der Waals surface area contributed by atoms with Crippen LogP contribution in [-0.2, 0) is 6.54 Å². The summed E-state index contributed by atoms with van der Waals surface area (Å²) in [5, 5.41) is 6.25. The molecular formula is C23H30N4O3. The van der Waals surface area contributed by atoms with Gasteiger partial charge in [0.2, 0.25) is 0 Å². The fourth-order valence-electron chi connectivity index (χ4n) is 3.77. The van der Waals surface area contributed by atoms with E-state index in [1.807, 2.05) is 30.3 Å². The van der Waals surface area contributed by atoms with E-state index in [9.17, 15) is 14.4 Å². The first-order valence-corrected chi connectivity index (χ1v) is 10.6. The largest absolute Gasteiger partial charge is 0.352 e. The van der Waals surface area contributed by atoms with Crippen molar-refractivity contribution in [2.75, 3.05) is 26.7 Å². The number of hydrogen-bond acceptors (Lipinski definition) is 4. The van der Waals surface area contributed by atoms with Crippen molar-refractivity contribution < 1.29 is 9.59 Å². The van der Waals surface area contributed by atoms with Crippen LogP contribution in [0.1, 0.15) is 52.0 Å². The molecule has 1 aliphatic rings. The second kappa shape index (κ2) is 10.7. The molecule has 1 saturated heterocycles. The standard InChI is InChI=1S/C23H30N4O3/c1-27(16-18-6-3-2-4-7-18)23(30)20-14-19(15-26-22(20)29)21(28)25-11-5-8-17-9-12-24-13-10-17/h2-4,6-7,14-15,17,24H,5,8-13,16H2,1H3,(H,25,28)(H,26,29). The van der Waals surface area contributed by atoms with Gasteiger partial charge in [0.05, 0.1) is 5.56 Å². The maximum Gasteiger partial charge on any atom is 0.260 e. The Bertz CT molecular complexity index is 904. The molecule has 0 aliphatic carbocycles. The zero-order valence-electron chi connectivity index (χ0n) is 17.4. The van der Waals surface area contributed by atoms with E-state index in [1.165, 1.54) is 30.0 Å². The lowest BCUT2D eigenvalue weighted by Gasteiger charge is -2.22. The van der Waals surface area contributed by atoms with Crippen molar-refractivity contribution in [1.29, 1.82) is 0 Å². The van der Waals surface area contributed by atoms with Gasteiger partial charge in [-0.15, -0.1) is 0 Å². The third kappa shape index (κ3) is 6.03. The third-order valence-electron chi connectivity index (χ3n) is 5.54. The van der Waals surface area contributed by atoms with Crippen molar-refractivity contribution in [3.05, 3.63) is 69.6 Å². The van der Waals surface area contributed by atoms with Crippen LogP contribution in [0.5, 0.6) is 0 Å². The maximum atomic E-state index is 12.7. The molecule has 3 N–H and O–H groups in total. The van der Waals surface area contributed by atoms with E-state index >= 15 is 0 Å². The summed E-state index contributed by atoms with van der Waals surface area (Å²) in [6, 6.07) is 10.9. The Kier molecular flexibility index (Phi) is 7.79. The number of pyridine rings is 1. The van der Waals surface area contributed by atoms with Crippen LogP contribution in [0.15, 0.2) is 47.4 Å². The van der Waals surface area contributed by atoms with Crippen LogP contribution in [0.4, 0.5) is 0 Å². The summed E-state index contributed by atoms with van der Waals surface area (Å²) in [6.45, 7) is 3.11. The van der Waals surface area contributed by atoms with E-state index in [4.69, 9.17) is 0 Å². The lowest BCUT2D eigenvalue weighted by atomic mass is 9.93. The number of carbonyl (C=O) groups is 2. The highest BCUT2D eigenvalue weighted by Gasteiger charge is 2.18. The van der Waals surface area contributed by atoms with E-state index in [2.05, 4.69) is 15.6 Å². The molecule has 7 heteroatoms. The van der Waals surface area contributed by atoms with E-state index in [0.717, 1.165) is 37.4 Å². The van der Waals surface area contributed by atoms with Crippen molar-refractivity contribution in [3.63, 3.8) is 0 Å². The molecule has 160 valence electrons. The minimum Gasteiger partial charge on any atom is -0.352 e. The number of carbonyl (C=O) groups excluding carboxylic acids is 2. The van der Waals surface area contributed by atoms with Gasteiger partial charge in [-0.2, -0.15) is 0 Å². The summed E-state index contributed by atoms with van der Waals surface area (Å²) in [5.41, 5.74) is 0.721. The molecule has 0 spiro atoms. The van der Waals surface area contributed by atoms with Gasteiger partial charge < -0.3 is 20.5 Å². The van der Waals surface area contributed by atoms with Crippen molar-refractivity contribution >= 4 is 11.8 Å². The molecule has 1 aromatic carbocycles. The second-order valence-electron chi connectivity index (χ2n) is 7.87. The topological polar surface area (TPSA) is 94.3 Å². The predicted molar refractivity (Wildman–Crippen MR) is 116 cm³/mol. The van der Waals surface area contributed by atoms with Crippen molar-refractivity contribution in [3.8, 4) is 0 Å². The van der Waals surface area contributed by atoms with Gasteiger partial charge in [-0.05, 0) is 56.3 Å². The molecule has 2 aromatic rings. The third-order valence-corrected chi connectivity index (χ3v) is 5.54. The van der Waals surface area contributed by atoms with Crippen molar-refractivity contribution in [2.24, 2.45) is 5.92 Å². The van der Waals surface area contributed by atoms with Crippen molar-refractivity contribution in [2.45, 2.75) is 32.2 Å². The average Bonchev–Trinajstić information content (AvgIpc) is 2.78. The molecule has 0 saturated carbocycles. The molecule has 7 nitrogen and oxygen atoms in total. The lowest BCUT2D eigenvalue weighted by molar-refractivity contribution is 0.0783. The molecule has 0 atom stereocenters. The second-order valence-corrected chi connectivity index (χ2v) is 7.87. The van der Waals surface area contributed by atoms with Crippen LogP contribution in [0.3, 0.4) is 0 Å². The fraction of sp³-hybridized carbons (Fsp3) is 0.435. The van der Waals surface area contributed by atoms with E-state index in [-0.39, 0.29) is 17.0 Å². The van der Waals surface area contributed by atoms with Gasteiger partial charge in [0.15, 0.2) is 0 Å². The molecule has 0 bridgehead atoms. The Hall–Kier alpha value is -2.93. The van der Waals surface area contributed by atoms with Crippen LogP contribution in [-0.4, -0.2) is 48.4 Å². The Morgan fingerprint density at radius 2 is 1.90 bits per heavy atom. The fourth-order valence-corrected chi connectivity index (χ4v) is 3.77. The number of nitrogens with zero attached hydrogens (tertiary/aromatic N) is 1. The highest BCUT2D eigenvalue weighted by Crippen LogP contribution is 2.17. The quantitative estimate of drug-likeness (QED) is 0.581. The summed E-state index contributed by atoms with van der Waals surface area (Å²) in [5.74, 6) is 0.0255. The number of aromatic nitrogens is 1. The van der Waals surface area contributed by atoms with Crippen LogP contribution < -0.4 is 16.2 Å². The average molecular weight is 411 g/mol. The zero-order chi connectivity index (χ0) is 21.3. The maximum absolute atomic E-state index is 12.7. The molecular weight excluding hydrogens is 380 g/mol. The Balaban J connectivity index is 1.56. The van der Waals surface area contributed by atoms with Crippen LogP contribution in [0.25, 0.3) is 0 Å². The highest BCUT2D eigenvalue weighted by molar-refractivity contribution is 5.99. The predicted octanol–water partition coefficient (Wildman–Crippen LogP) is 2.16. The molecule has 2 amide bonds. The smallest absolute Gasteiger partial charge is 0.260 e. The van der Waals surface area contributed by atoms with E-state index < -0.39 is 11.5 Å². The minimum atomic E-state index is -0.498. The van der Waals surface area contributed by atoms with Gasteiger partial charge in [0.25, 0.3) is 17.4 Å². The number of aromatic amines is 1. The molecule has 0 unspecified atom stereocenters. The normalized spacial score (nSPS) is 14.3. The summed E-state index contributed by atoms with van der Waals surface area (Å²) in [6.07, 6.45) is 5.76. The van der Waals surface area contributed by atoms with Gasteiger partial charge in [0, 0.05) is 26.3 Å². The number of amides is 2. The van der Waals surface area contributed by atoms with Crippen molar-refractivity contribution in [1.82, 2.24) is 20.5 Å². The van der Waals surface area contributed by atoms with Gasteiger partial charge in [0.1, 0.15) is 5.56 Å². The Morgan fingerprint density at radius 3 is 2.63 bits per heavy atom. The number of nitrogens with one attached hydrogen (secondary N) is 3. The number of piperidine rings is 1. The molecule has 3 rings (SSSR count). The SMILES string of the molecule is CN(Cc1ccccc1)C(=O)c1cc(C(=O)NCCCC2CCNCC2)c[nH]c1=O. The summed E-state index contributed by atoms with van der Waals surface area (Å²) >= 11 is 0. The minimum absolute atomic E-state index is 0.0317. The summed E-state index contributed by atoms with van der Waals surface area (Å²) < 4.78 is 0. The molecule has 1 fully saturated rings. The lowest BCUT2D eigenvalue weighted by Crippen LogP contribution is -2.33. The summed E-state index contributed by atoms with van der Waals surface area (Å²) in [4.78, 5) is 41.4. The number of H-pyrrole nitrogens is 1. The van der Waals surface area contributed by atoms with Crippen LogP contribution >= 0.6 is 0 Å². The Morgan fingerprint density at radius 1 is 1.17 bits per heavy atom. The molecule has 1 aliphatic heterocycles. The monoisotopic (exact) mass is 410 g/mol. The number of rotatable bonds is 8. The number of benzene rings is 1. The van der Waals surface area contributed by atoms with E-state index in [0.29, 0.717) is 13.1 Å². The Labute approximate surface area is 176 Å². The highest BCUT2D eigenvalue weighted by atomic mass is 16.2. The molecule has 30 heavy (non-hydrogen) atoms. The van der Waals surface area contributed by atoms with Crippen LogP contribution in [0.2, 0.25) is 0 Å². The molecule has 0 radical (unpaired) electrons. The van der Waals surface area contributed by atoms with E-state index in [1.54, 1.807) is 7.05 Å². The first-order valence-electron chi connectivity index (χ1n) is 10.6. The first kappa shape index (κ1) is 21.8. The summed E-state index contributed by atoms with van der Waals surface area (Å²) in [7, 11) is 1.64.